The van der Waals surface area contributed by atoms with E-state index in [4.69, 9.17) is 17.3 Å². The number of piperazine rings is 1. The Kier molecular flexibility index (Phi) is 6.08. The Morgan fingerprint density at radius 2 is 1.93 bits per heavy atom. The molecule has 8 heteroatoms. The van der Waals surface area contributed by atoms with Crippen molar-refractivity contribution >= 4 is 34.7 Å². The van der Waals surface area contributed by atoms with E-state index in [1.165, 1.54) is 0 Å². The normalized spacial score (nSPS) is 15.4. The van der Waals surface area contributed by atoms with Crippen molar-refractivity contribution in [3.8, 4) is 11.1 Å². The van der Waals surface area contributed by atoms with Crippen molar-refractivity contribution in [3.05, 3.63) is 64.2 Å². The van der Waals surface area contributed by atoms with Gasteiger partial charge in [-0.25, -0.2) is 9.97 Å². The van der Waals surface area contributed by atoms with Crippen LogP contribution in [-0.4, -0.2) is 53.0 Å². The second-order valence-electron chi connectivity index (χ2n) is 7.02. The second-order valence-corrected chi connectivity index (χ2v) is 8.24. The summed E-state index contributed by atoms with van der Waals surface area (Å²) in [5, 5.41) is 4.82. The number of nitrogens with two attached hydrogens (primary N) is 1. The minimum absolute atomic E-state index is 0.0136. The molecule has 4 rings (SSSR count). The average Bonchev–Trinajstić information content (AvgIpc) is 3.30. The van der Waals surface area contributed by atoms with Crippen molar-refractivity contribution in [3.63, 3.8) is 0 Å². The number of hydrogen-bond donors (Lipinski definition) is 1. The lowest BCUT2D eigenvalue weighted by Gasteiger charge is -2.37. The molecule has 1 atom stereocenters. The summed E-state index contributed by atoms with van der Waals surface area (Å²) in [6, 6.07) is 8.98. The molecule has 0 aliphatic carbocycles. The number of aromatic nitrogens is 2. The number of halogens is 1. The van der Waals surface area contributed by atoms with Crippen LogP contribution in [0.15, 0.2) is 53.6 Å². The van der Waals surface area contributed by atoms with Gasteiger partial charge in [-0.3, -0.25) is 4.79 Å². The van der Waals surface area contributed by atoms with Crippen LogP contribution in [0, 0.1) is 0 Å². The summed E-state index contributed by atoms with van der Waals surface area (Å²) < 4.78 is 0. The second kappa shape index (κ2) is 8.90. The molecule has 150 valence electrons. The molecule has 0 radical (unpaired) electrons. The van der Waals surface area contributed by atoms with Crippen molar-refractivity contribution < 1.29 is 4.79 Å². The maximum atomic E-state index is 12.8. The first-order valence-electron chi connectivity index (χ1n) is 9.48. The highest BCUT2D eigenvalue weighted by molar-refractivity contribution is 7.08. The third-order valence-electron chi connectivity index (χ3n) is 5.10. The first kappa shape index (κ1) is 19.8. The van der Waals surface area contributed by atoms with Gasteiger partial charge in [0.15, 0.2) is 0 Å². The Labute approximate surface area is 178 Å². The van der Waals surface area contributed by atoms with Crippen LogP contribution in [-0.2, 0) is 11.2 Å². The Hall–Kier alpha value is -2.48. The summed E-state index contributed by atoms with van der Waals surface area (Å²) in [6.45, 7) is 2.68. The van der Waals surface area contributed by atoms with E-state index < -0.39 is 6.04 Å². The molecule has 1 fully saturated rings. The molecule has 1 aliphatic rings. The summed E-state index contributed by atoms with van der Waals surface area (Å²) in [5.41, 5.74) is 9.35. The number of rotatable bonds is 5. The molecule has 1 aliphatic heterocycles. The zero-order chi connectivity index (χ0) is 20.2. The first-order valence-corrected chi connectivity index (χ1v) is 10.8. The van der Waals surface area contributed by atoms with E-state index in [0.717, 1.165) is 22.5 Å². The molecule has 0 saturated carbocycles. The fraction of sp³-hybridized carbons (Fsp3) is 0.286. The minimum atomic E-state index is -0.553. The topological polar surface area (TPSA) is 75.4 Å². The van der Waals surface area contributed by atoms with Crippen LogP contribution in [0.4, 0.5) is 5.82 Å². The maximum Gasteiger partial charge on any atom is 0.239 e. The Balaban J connectivity index is 1.38. The number of anilines is 1. The van der Waals surface area contributed by atoms with Crippen LogP contribution in [0.25, 0.3) is 11.1 Å². The van der Waals surface area contributed by atoms with Crippen molar-refractivity contribution in [1.82, 2.24) is 14.9 Å². The molecule has 1 amide bonds. The van der Waals surface area contributed by atoms with Gasteiger partial charge in [0.05, 0.1) is 6.04 Å². The van der Waals surface area contributed by atoms with Gasteiger partial charge in [0.1, 0.15) is 12.1 Å². The van der Waals surface area contributed by atoms with Crippen LogP contribution >= 0.6 is 22.9 Å². The number of carbonyl (C=O) groups is 1. The zero-order valence-electron chi connectivity index (χ0n) is 15.9. The van der Waals surface area contributed by atoms with Gasteiger partial charge in [0, 0.05) is 43.0 Å². The minimum Gasteiger partial charge on any atom is -0.352 e. The summed E-state index contributed by atoms with van der Waals surface area (Å²) in [4.78, 5) is 25.6. The largest absolute Gasteiger partial charge is 0.352 e. The molecule has 3 heterocycles. The highest BCUT2D eigenvalue weighted by Gasteiger charge is 2.27. The SMILES string of the molecule is N[C@H](Cc1ccc(Cl)cc1)C(=O)N1CCN(c2ncncc2-c2ccsc2)CC1. The fourth-order valence-corrected chi connectivity index (χ4v) is 4.31. The van der Waals surface area contributed by atoms with Crippen LogP contribution in [0.2, 0.25) is 5.02 Å². The molecule has 2 aromatic heterocycles. The van der Waals surface area contributed by atoms with Gasteiger partial charge in [-0.15, -0.1) is 0 Å². The number of hydrogen-bond acceptors (Lipinski definition) is 6. The lowest BCUT2D eigenvalue weighted by molar-refractivity contribution is -0.132. The monoisotopic (exact) mass is 427 g/mol. The van der Waals surface area contributed by atoms with Crippen LogP contribution in [0.3, 0.4) is 0 Å². The molecule has 2 N–H and O–H groups in total. The number of thiophene rings is 1. The molecule has 0 unspecified atom stereocenters. The van der Waals surface area contributed by atoms with Crippen LogP contribution in [0.5, 0.6) is 0 Å². The van der Waals surface area contributed by atoms with E-state index in [2.05, 4.69) is 26.3 Å². The van der Waals surface area contributed by atoms with E-state index in [-0.39, 0.29) is 5.91 Å². The van der Waals surface area contributed by atoms with Crippen molar-refractivity contribution in [1.29, 1.82) is 0 Å². The van der Waals surface area contributed by atoms with Gasteiger partial charge in [0.2, 0.25) is 5.91 Å². The summed E-state index contributed by atoms with van der Waals surface area (Å²) in [6.07, 6.45) is 3.93. The molecular formula is C21H22ClN5OS. The van der Waals surface area contributed by atoms with E-state index in [9.17, 15) is 4.79 Å². The van der Waals surface area contributed by atoms with E-state index in [0.29, 0.717) is 37.6 Å². The maximum absolute atomic E-state index is 12.8. The van der Waals surface area contributed by atoms with Crippen LogP contribution < -0.4 is 10.6 Å². The third kappa shape index (κ3) is 4.58. The first-order chi connectivity index (χ1) is 14.1. The van der Waals surface area contributed by atoms with Crippen molar-refractivity contribution in [2.75, 3.05) is 31.1 Å². The molecular weight excluding hydrogens is 406 g/mol. The van der Waals surface area contributed by atoms with Gasteiger partial charge in [0.25, 0.3) is 0 Å². The number of nitrogens with zero attached hydrogens (tertiary/aromatic N) is 4. The summed E-state index contributed by atoms with van der Waals surface area (Å²) in [7, 11) is 0. The Morgan fingerprint density at radius 3 is 2.62 bits per heavy atom. The molecule has 1 saturated heterocycles. The van der Waals surface area contributed by atoms with E-state index in [1.807, 2.05) is 40.7 Å². The molecule has 0 spiro atoms. The van der Waals surface area contributed by atoms with E-state index in [1.54, 1.807) is 17.7 Å². The standard InChI is InChI=1S/C21H22ClN5OS/c22-17-3-1-15(2-4-17)11-19(23)21(28)27-8-6-26(7-9-27)20-18(12-24-14-25-20)16-5-10-29-13-16/h1-5,10,12-14,19H,6-9,11,23H2/t19-/m1/s1. The van der Waals surface area contributed by atoms with Gasteiger partial charge in [-0.2, -0.15) is 11.3 Å². The van der Waals surface area contributed by atoms with Gasteiger partial charge >= 0.3 is 0 Å². The highest BCUT2D eigenvalue weighted by atomic mass is 35.5. The third-order valence-corrected chi connectivity index (χ3v) is 6.04. The average molecular weight is 428 g/mol. The summed E-state index contributed by atoms with van der Waals surface area (Å²) in [5.74, 6) is 0.899. The highest BCUT2D eigenvalue weighted by Crippen LogP contribution is 2.30. The molecule has 0 bridgehead atoms. The van der Waals surface area contributed by atoms with Crippen molar-refractivity contribution in [2.24, 2.45) is 5.73 Å². The summed E-state index contributed by atoms with van der Waals surface area (Å²) >= 11 is 7.57. The quantitative estimate of drug-likeness (QED) is 0.677. The Bertz CT molecular complexity index is 955. The number of amides is 1. The number of carbonyl (C=O) groups excluding carboxylic acids is 1. The smallest absolute Gasteiger partial charge is 0.239 e. The lowest BCUT2D eigenvalue weighted by Crippen LogP contribution is -2.54. The van der Waals surface area contributed by atoms with Gasteiger partial charge in [-0.1, -0.05) is 23.7 Å². The molecule has 3 aromatic rings. The van der Waals surface area contributed by atoms with Gasteiger partial charge in [-0.05, 0) is 46.5 Å². The predicted molar refractivity (Wildman–Crippen MR) is 117 cm³/mol. The Morgan fingerprint density at radius 1 is 1.17 bits per heavy atom. The van der Waals surface area contributed by atoms with Gasteiger partial charge < -0.3 is 15.5 Å². The molecule has 6 nitrogen and oxygen atoms in total. The lowest BCUT2D eigenvalue weighted by atomic mass is 10.1. The number of benzene rings is 1. The van der Waals surface area contributed by atoms with Crippen molar-refractivity contribution in [2.45, 2.75) is 12.5 Å². The fourth-order valence-electron chi connectivity index (χ4n) is 3.53. The molecule has 29 heavy (non-hydrogen) atoms. The molecule has 1 aromatic carbocycles. The zero-order valence-corrected chi connectivity index (χ0v) is 17.4. The van der Waals surface area contributed by atoms with E-state index >= 15 is 0 Å². The predicted octanol–water partition coefficient (Wildman–Crippen LogP) is 3.08. The van der Waals surface area contributed by atoms with Crippen LogP contribution in [0.1, 0.15) is 5.56 Å².